The van der Waals surface area contributed by atoms with Crippen LogP contribution in [0.4, 0.5) is 18.9 Å². The Hall–Kier alpha value is -2.59. The molecule has 0 saturated carbocycles. The fraction of sp³-hybridized carbons (Fsp3) is 0.133. The van der Waals surface area contributed by atoms with Gasteiger partial charge in [-0.25, -0.2) is 10.4 Å². The number of imidazole rings is 1. The lowest BCUT2D eigenvalue weighted by atomic mass is 10.2. The Balaban J connectivity index is 1.56. The van der Waals surface area contributed by atoms with Crippen LogP contribution < -0.4 is 10.7 Å². The van der Waals surface area contributed by atoms with Crippen molar-refractivity contribution < 1.29 is 18.0 Å². The largest absolute Gasteiger partial charge is 0.416 e. The summed E-state index contributed by atoms with van der Waals surface area (Å²) in [5.74, 6) is -0.527. The van der Waals surface area contributed by atoms with Gasteiger partial charge in [-0.3, -0.25) is 9.20 Å². The highest BCUT2D eigenvalue weighted by Crippen LogP contribution is 2.30. The number of hydrazone groups is 1. The standard InChI is InChI=1S/C15H11ClF3N5OS/c16-13-11(24-4-5-26-14(24)22-13)7-21-23-12(25)8-20-10-3-1-2-9(6-10)15(17,18)19/h1-7,20H,8H2,(H,23,25). The van der Waals surface area contributed by atoms with Crippen molar-refractivity contribution in [1.82, 2.24) is 14.8 Å². The molecule has 3 aromatic rings. The van der Waals surface area contributed by atoms with Gasteiger partial charge in [0.2, 0.25) is 0 Å². The summed E-state index contributed by atoms with van der Waals surface area (Å²) < 4.78 is 39.6. The van der Waals surface area contributed by atoms with E-state index in [0.29, 0.717) is 10.7 Å². The average molecular weight is 402 g/mol. The van der Waals surface area contributed by atoms with Crippen LogP contribution in [0.15, 0.2) is 40.9 Å². The van der Waals surface area contributed by atoms with Crippen molar-refractivity contribution in [2.24, 2.45) is 5.10 Å². The van der Waals surface area contributed by atoms with Crippen LogP contribution in [0, 0.1) is 0 Å². The van der Waals surface area contributed by atoms with E-state index < -0.39 is 17.6 Å². The van der Waals surface area contributed by atoms with E-state index in [2.05, 4.69) is 20.8 Å². The number of rotatable bonds is 5. The molecule has 0 saturated heterocycles. The highest BCUT2D eigenvalue weighted by atomic mass is 35.5. The lowest BCUT2D eigenvalue weighted by molar-refractivity contribution is -0.137. The van der Waals surface area contributed by atoms with Crippen LogP contribution in [-0.2, 0) is 11.0 Å². The fourth-order valence-corrected chi connectivity index (χ4v) is 3.08. The number of carbonyl (C=O) groups excluding carboxylic acids is 1. The minimum atomic E-state index is -4.44. The lowest BCUT2D eigenvalue weighted by Gasteiger charge is -2.09. The van der Waals surface area contributed by atoms with Crippen LogP contribution in [0.25, 0.3) is 4.96 Å². The zero-order valence-electron chi connectivity index (χ0n) is 12.9. The summed E-state index contributed by atoms with van der Waals surface area (Å²) in [6, 6.07) is 4.58. The number of benzene rings is 1. The second-order valence-electron chi connectivity index (χ2n) is 5.07. The number of fused-ring (bicyclic) bond motifs is 1. The van der Waals surface area contributed by atoms with Crippen molar-refractivity contribution in [3.8, 4) is 0 Å². The van der Waals surface area contributed by atoms with Crippen LogP contribution in [0.5, 0.6) is 0 Å². The van der Waals surface area contributed by atoms with Gasteiger partial charge in [-0.15, -0.1) is 11.3 Å². The van der Waals surface area contributed by atoms with Gasteiger partial charge in [0.15, 0.2) is 10.1 Å². The molecule has 1 aromatic carbocycles. The number of thiazole rings is 1. The second kappa shape index (κ2) is 7.34. The molecule has 136 valence electrons. The third kappa shape index (κ3) is 4.14. The summed E-state index contributed by atoms with van der Waals surface area (Å²) in [6.45, 7) is -0.243. The number of alkyl halides is 3. The smallest absolute Gasteiger partial charge is 0.376 e. The van der Waals surface area contributed by atoms with Crippen molar-refractivity contribution in [2.45, 2.75) is 6.18 Å². The van der Waals surface area contributed by atoms with E-state index in [1.54, 1.807) is 10.6 Å². The predicted molar refractivity (Wildman–Crippen MR) is 93.7 cm³/mol. The Kier molecular flexibility index (Phi) is 5.14. The van der Waals surface area contributed by atoms with E-state index >= 15 is 0 Å². The van der Waals surface area contributed by atoms with Gasteiger partial charge >= 0.3 is 6.18 Å². The minimum absolute atomic E-state index is 0.178. The summed E-state index contributed by atoms with van der Waals surface area (Å²) >= 11 is 7.38. The van der Waals surface area contributed by atoms with E-state index in [4.69, 9.17) is 11.6 Å². The molecule has 1 amide bonds. The molecule has 0 unspecified atom stereocenters. The molecule has 0 bridgehead atoms. The number of aromatic nitrogens is 2. The maximum absolute atomic E-state index is 12.6. The lowest BCUT2D eigenvalue weighted by Crippen LogP contribution is -2.26. The number of hydrogen-bond acceptors (Lipinski definition) is 5. The number of amides is 1. The highest BCUT2D eigenvalue weighted by Gasteiger charge is 2.30. The summed E-state index contributed by atoms with van der Waals surface area (Å²) in [6.07, 6.45) is -1.34. The molecule has 6 nitrogen and oxygen atoms in total. The highest BCUT2D eigenvalue weighted by molar-refractivity contribution is 7.15. The van der Waals surface area contributed by atoms with Gasteiger partial charge in [0.05, 0.1) is 18.3 Å². The molecule has 2 heterocycles. The van der Waals surface area contributed by atoms with Gasteiger partial charge in [-0.1, -0.05) is 17.7 Å². The first kappa shape index (κ1) is 18.2. The van der Waals surface area contributed by atoms with Gasteiger partial charge in [-0.2, -0.15) is 18.3 Å². The molecule has 2 N–H and O–H groups in total. The normalized spacial score (nSPS) is 12.0. The third-order valence-electron chi connectivity index (χ3n) is 3.27. The number of carbonyl (C=O) groups is 1. The van der Waals surface area contributed by atoms with Gasteiger partial charge in [0.25, 0.3) is 5.91 Å². The molecule has 26 heavy (non-hydrogen) atoms. The third-order valence-corrected chi connectivity index (χ3v) is 4.31. The van der Waals surface area contributed by atoms with E-state index in [1.165, 1.54) is 29.7 Å². The SMILES string of the molecule is O=C(CNc1cccc(C(F)(F)F)c1)NN=Cc1c(Cl)nc2sccn12. The molecular formula is C15H11ClF3N5OS. The molecule has 0 aliphatic carbocycles. The molecule has 2 aromatic heterocycles. The number of nitrogens with one attached hydrogen (secondary N) is 2. The quantitative estimate of drug-likeness (QED) is 0.506. The molecule has 0 spiro atoms. The Morgan fingerprint density at radius 1 is 1.42 bits per heavy atom. The molecule has 3 rings (SSSR count). The van der Waals surface area contributed by atoms with Crippen LogP contribution in [0.1, 0.15) is 11.3 Å². The van der Waals surface area contributed by atoms with Gasteiger partial charge < -0.3 is 5.32 Å². The zero-order chi connectivity index (χ0) is 18.7. The monoisotopic (exact) mass is 401 g/mol. The summed E-state index contributed by atoms with van der Waals surface area (Å²) in [4.78, 5) is 16.6. The number of anilines is 1. The Morgan fingerprint density at radius 2 is 2.23 bits per heavy atom. The second-order valence-corrected chi connectivity index (χ2v) is 6.30. The number of hydrogen-bond donors (Lipinski definition) is 2. The van der Waals surface area contributed by atoms with Crippen molar-refractivity contribution in [3.05, 3.63) is 52.3 Å². The average Bonchev–Trinajstić information content (AvgIpc) is 3.14. The van der Waals surface area contributed by atoms with Crippen LogP contribution in [-0.4, -0.2) is 28.1 Å². The van der Waals surface area contributed by atoms with Crippen LogP contribution >= 0.6 is 22.9 Å². The maximum atomic E-state index is 12.6. The van der Waals surface area contributed by atoms with E-state index in [-0.39, 0.29) is 17.4 Å². The van der Waals surface area contributed by atoms with Crippen molar-refractivity contribution in [3.63, 3.8) is 0 Å². The molecular weight excluding hydrogens is 391 g/mol. The van der Waals surface area contributed by atoms with Crippen LogP contribution in [0.3, 0.4) is 0 Å². The first-order valence-corrected chi connectivity index (χ1v) is 8.44. The molecule has 0 aliphatic heterocycles. The fourth-order valence-electron chi connectivity index (χ4n) is 2.09. The maximum Gasteiger partial charge on any atom is 0.416 e. The van der Waals surface area contributed by atoms with Gasteiger partial charge in [0.1, 0.15) is 5.69 Å². The van der Waals surface area contributed by atoms with Crippen LogP contribution in [0.2, 0.25) is 5.15 Å². The minimum Gasteiger partial charge on any atom is -0.376 e. The Bertz CT molecular complexity index is 966. The molecule has 0 aliphatic rings. The van der Waals surface area contributed by atoms with E-state index in [0.717, 1.165) is 12.1 Å². The summed E-state index contributed by atoms with van der Waals surface area (Å²) in [5, 5.41) is 8.47. The van der Waals surface area contributed by atoms with Crippen molar-refractivity contribution in [1.29, 1.82) is 0 Å². The Labute approximate surface area is 154 Å². The summed E-state index contributed by atoms with van der Waals surface area (Å²) in [5.41, 5.74) is 2.16. The van der Waals surface area contributed by atoms with Gasteiger partial charge in [-0.05, 0) is 18.2 Å². The topological polar surface area (TPSA) is 70.8 Å². The number of halogens is 4. The molecule has 0 atom stereocenters. The molecule has 0 fully saturated rings. The van der Waals surface area contributed by atoms with E-state index in [9.17, 15) is 18.0 Å². The predicted octanol–water partition coefficient (Wildman–Crippen LogP) is 3.63. The first-order chi connectivity index (χ1) is 12.3. The van der Waals surface area contributed by atoms with E-state index in [1.807, 2.05) is 5.38 Å². The molecule has 11 heteroatoms. The molecule has 0 radical (unpaired) electrons. The first-order valence-electron chi connectivity index (χ1n) is 7.18. The zero-order valence-corrected chi connectivity index (χ0v) is 14.5. The Morgan fingerprint density at radius 3 is 3.00 bits per heavy atom. The van der Waals surface area contributed by atoms with Crippen molar-refractivity contribution in [2.75, 3.05) is 11.9 Å². The van der Waals surface area contributed by atoms with Gasteiger partial charge in [0, 0.05) is 17.3 Å². The number of nitrogens with zero attached hydrogens (tertiary/aromatic N) is 3. The summed E-state index contributed by atoms with van der Waals surface area (Å²) in [7, 11) is 0. The van der Waals surface area contributed by atoms with Crippen molar-refractivity contribution >= 4 is 45.7 Å².